The molecule has 2 aromatic rings. The molecule has 0 aliphatic carbocycles. The Morgan fingerprint density at radius 3 is 2.55 bits per heavy atom. The van der Waals surface area contributed by atoms with E-state index in [-0.39, 0.29) is 23.9 Å². The first-order valence-corrected chi connectivity index (χ1v) is 11.2. The first-order chi connectivity index (χ1) is 13.6. The van der Waals surface area contributed by atoms with Crippen molar-refractivity contribution in [2.24, 2.45) is 0 Å². The molecule has 2 rings (SSSR count). The van der Waals surface area contributed by atoms with Crippen LogP contribution in [0.3, 0.4) is 0 Å². The van der Waals surface area contributed by atoms with Crippen LogP contribution in [0.5, 0.6) is 11.5 Å². The van der Waals surface area contributed by atoms with E-state index in [0.29, 0.717) is 11.5 Å². The van der Waals surface area contributed by atoms with E-state index in [1.165, 1.54) is 26.2 Å². The lowest BCUT2D eigenvalue weighted by Crippen LogP contribution is -2.48. The summed E-state index contributed by atoms with van der Waals surface area (Å²) in [6, 6.07) is 11.1. The van der Waals surface area contributed by atoms with Crippen LogP contribution < -0.4 is 19.1 Å². The average molecular weight is 441 g/mol. The third-order valence-corrected chi connectivity index (χ3v) is 5.67. The largest absolute Gasteiger partial charge is 0.495 e. The maximum absolute atomic E-state index is 12.5. The van der Waals surface area contributed by atoms with Crippen molar-refractivity contribution in [1.29, 1.82) is 0 Å². The molecule has 0 unspecified atom stereocenters. The summed E-state index contributed by atoms with van der Waals surface area (Å²) in [5.41, 5.74) is 1.35. The molecular weight excluding hydrogens is 416 g/mol. The molecule has 0 saturated carbocycles. The van der Waals surface area contributed by atoms with Crippen molar-refractivity contribution in [3.8, 4) is 11.5 Å². The fourth-order valence-electron chi connectivity index (χ4n) is 2.80. The van der Waals surface area contributed by atoms with Crippen LogP contribution in [0.1, 0.15) is 12.5 Å². The van der Waals surface area contributed by atoms with Crippen molar-refractivity contribution in [2.45, 2.75) is 19.9 Å². The number of hydrogen-bond donors (Lipinski definition) is 1. The van der Waals surface area contributed by atoms with Gasteiger partial charge in [0, 0.05) is 0 Å². The number of hydrogen-bond acceptors (Lipinski definition) is 5. The highest BCUT2D eigenvalue weighted by molar-refractivity contribution is 7.92. The number of nitrogens with zero attached hydrogens (tertiary/aromatic N) is 1. The molecule has 0 spiro atoms. The standard InChI is InChI=1S/C20H25ClN2O5S/c1-14-6-5-7-17(12-14)28-11-10-22-20(24)15(2)23(29(4,25)26)16-8-9-19(27-3)18(21)13-16/h5-9,12-13,15H,10-11H2,1-4H3,(H,22,24)/t15-/m0/s1. The fourth-order valence-corrected chi connectivity index (χ4v) is 4.22. The Hall–Kier alpha value is -2.45. The van der Waals surface area contributed by atoms with E-state index in [1.54, 1.807) is 6.07 Å². The lowest BCUT2D eigenvalue weighted by Gasteiger charge is -2.28. The molecule has 1 N–H and O–H groups in total. The second-order valence-corrected chi connectivity index (χ2v) is 8.78. The predicted molar refractivity (Wildman–Crippen MR) is 114 cm³/mol. The summed E-state index contributed by atoms with van der Waals surface area (Å²) in [6.45, 7) is 3.96. The van der Waals surface area contributed by atoms with Gasteiger partial charge in [-0.15, -0.1) is 0 Å². The fraction of sp³-hybridized carbons (Fsp3) is 0.350. The van der Waals surface area contributed by atoms with Crippen LogP contribution in [0.2, 0.25) is 5.02 Å². The Balaban J connectivity index is 2.04. The van der Waals surface area contributed by atoms with Crippen LogP contribution in [0.15, 0.2) is 42.5 Å². The maximum Gasteiger partial charge on any atom is 0.243 e. The summed E-state index contributed by atoms with van der Waals surface area (Å²) in [5.74, 6) is 0.669. The molecule has 0 fully saturated rings. The number of carbonyl (C=O) groups excluding carboxylic acids is 1. The first kappa shape index (κ1) is 22.8. The van der Waals surface area contributed by atoms with Gasteiger partial charge in [0.05, 0.1) is 30.6 Å². The Morgan fingerprint density at radius 1 is 1.24 bits per heavy atom. The summed E-state index contributed by atoms with van der Waals surface area (Å²) >= 11 is 6.12. The SMILES string of the molecule is COc1ccc(N([C@@H](C)C(=O)NCCOc2cccc(C)c2)S(C)(=O)=O)cc1Cl. The molecule has 29 heavy (non-hydrogen) atoms. The van der Waals surface area contributed by atoms with Gasteiger partial charge in [0.1, 0.15) is 24.1 Å². The molecule has 1 atom stereocenters. The number of aryl methyl sites for hydroxylation is 1. The minimum atomic E-state index is -3.74. The number of anilines is 1. The number of carbonyl (C=O) groups is 1. The van der Waals surface area contributed by atoms with Crippen LogP contribution >= 0.6 is 11.6 Å². The lowest BCUT2D eigenvalue weighted by atomic mass is 10.2. The van der Waals surface area contributed by atoms with Crippen LogP contribution in [-0.2, 0) is 14.8 Å². The average Bonchev–Trinajstić information content (AvgIpc) is 2.64. The lowest BCUT2D eigenvalue weighted by molar-refractivity contribution is -0.121. The van der Waals surface area contributed by atoms with Gasteiger partial charge in [0.15, 0.2) is 0 Å². The minimum absolute atomic E-state index is 0.234. The number of sulfonamides is 1. The number of halogens is 1. The summed E-state index contributed by atoms with van der Waals surface area (Å²) in [4.78, 5) is 12.5. The van der Waals surface area contributed by atoms with Gasteiger partial charge >= 0.3 is 0 Å². The number of methoxy groups -OCH3 is 1. The summed E-state index contributed by atoms with van der Waals surface area (Å²) in [5, 5.41) is 2.95. The molecule has 7 nitrogen and oxygen atoms in total. The third-order valence-electron chi connectivity index (χ3n) is 4.14. The highest BCUT2D eigenvalue weighted by atomic mass is 35.5. The van der Waals surface area contributed by atoms with Crippen molar-refractivity contribution >= 4 is 33.2 Å². The van der Waals surface area contributed by atoms with Gasteiger partial charge in [-0.1, -0.05) is 23.7 Å². The Kier molecular flexibility index (Phi) is 7.75. The van der Waals surface area contributed by atoms with Crippen molar-refractivity contribution in [2.75, 3.05) is 30.8 Å². The second kappa shape index (κ2) is 9.84. The van der Waals surface area contributed by atoms with E-state index in [9.17, 15) is 13.2 Å². The molecule has 158 valence electrons. The monoisotopic (exact) mass is 440 g/mol. The van der Waals surface area contributed by atoms with E-state index in [0.717, 1.165) is 16.1 Å². The van der Waals surface area contributed by atoms with Gasteiger partial charge in [-0.25, -0.2) is 8.42 Å². The molecule has 0 bridgehead atoms. The second-order valence-electron chi connectivity index (χ2n) is 6.51. The Morgan fingerprint density at radius 2 is 1.97 bits per heavy atom. The Bertz CT molecular complexity index is 965. The van der Waals surface area contributed by atoms with E-state index in [1.807, 2.05) is 31.2 Å². The first-order valence-electron chi connectivity index (χ1n) is 8.93. The van der Waals surface area contributed by atoms with Crippen LogP contribution in [0.25, 0.3) is 0 Å². The van der Waals surface area contributed by atoms with Gasteiger partial charge in [0.25, 0.3) is 0 Å². The highest BCUT2D eigenvalue weighted by Gasteiger charge is 2.29. The van der Waals surface area contributed by atoms with Crippen molar-refractivity contribution in [3.63, 3.8) is 0 Å². The summed E-state index contributed by atoms with van der Waals surface area (Å²) in [6.07, 6.45) is 1.04. The molecular formula is C20H25ClN2O5S. The number of benzene rings is 2. The summed E-state index contributed by atoms with van der Waals surface area (Å²) < 4.78 is 36.4. The molecule has 2 aromatic carbocycles. The van der Waals surface area contributed by atoms with Gasteiger partial charge in [0.2, 0.25) is 15.9 Å². The van der Waals surface area contributed by atoms with Crippen molar-refractivity contribution in [3.05, 3.63) is 53.1 Å². The van der Waals surface area contributed by atoms with E-state index < -0.39 is 22.0 Å². The number of nitrogens with one attached hydrogen (secondary N) is 1. The molecule has 1 amide bonds. The predicted octanol–water partition coefficient (Wildman–Crippen LogP) is 3.01. The molecule has 0 saturated heterocycles. The van der Waals surface area contributed by atoms with Gasteiger partial charge in [-0.2, -0.15) is 0 Å². The van der Waals surface area contributed by atoms with E-state index in [2.05, 4.69) is 5.32 Å². The molecule has 9 heteroatoms. The van der Waals surface area contributed by atoms with Crippen molar-refractivity contribution < 1.29 is 22.7 Å². The normalized spacial score (nSPS) is 12.2. The van der Waals surface area contributed by atoms with Gasteiger partial charge in [-0.3, -0.25) is 9.10 Å². The number of amides is 1. The third kappa shape index (κ3) is 6.27. The minimum Gasteiger partial charge on any atom is -0.495 e. The van der Waals surface area contributed by atoms with Gasteiger partial charge < -0.3 is 14.8 Å². The smallest absolute Gasteiger partial charge is 0.243 e. The topological polar surface area (TPSA) is 84.9 Å². The number of ether oxygens (including phenoxy) is 2. The maximum atomic E-state index is 12.5. The quantitative estimate of drug-likeness (QED) is 0.606. The number of rotatable bonds is 9. The van der Waals surface area contributed by atoms with E-state index >= 15 is 0 Å². The van der Waals surface area contributed by atoms with E-state index in [4.69, 9.17) is 21.1 Å². The molecule has 0 aliphatic rings. The molecule has 0 aliphatic heterocycles. The zero-order chi connectivity index (χ0) is 21.6. The molecule has 0 heterocycles. The zero-order valence-electron chi connectivity index (χ0n) is 16.8. The van der Waals surface area contributed by atoms with Crippen LogP contribution in [0.4, 0.5) is 5.69 Å². The van der Waals surface area contributed by atoms with Crippen LogP contribution in [0, 0.1) is 6.92 Å². The van der Waals surface area contributed by atoms with Crippen LogP contribution in [-0.4, -0.2) is 46.9 Å². The molecule has 0 radical (unpaired) electrons. The van der Waals surface area contributed by atoms with Gasteiger partial charge in [-0.05, 0) is 49.7 Å². The van der Waals surface area contributed by atoms with Crippen molar-refractivity contribution in [1.82, 2.24) is 5.32 Å². The molecule has 0 aromatic heterocycles. The zero-order valence-corrected chi connectivity index (χ0v) is 18.4. The highest BCUT2D eigenvalue weighted by Crippen LogP contribution is 2.31. The Labute approximate surface area is 176 Å². The summed E-state index contributed by atoms with van der Waals surface area (Å²) in [7, 11) is -2.27.